The molecule has 3 heteroatoms. The van der Waals surface area contributed by atoms with Gasteiger partial charge in [-0.05, 0) is 50.7 Å². The number of hydrogen-bond acceptors (Lipinski definition) is 2. The van der Waals surface area contributed by atoms with Gasteiger partial charge in [-0.2, -0.15) is 0 Å². The summed E-state index contributed by atoms with van der Waals surface area (Å²) < 4.78 is 5.63. The summed E-state index contributed by atoms with van der Waals surface area (Å²) in [5.41, 5.74) is 5.02. The van der Waals surface area contributed by atoms with Crippen LogP contribution in [0.3, 0.4) is 0 Å². The second kappa shape index (κ2) is 7.94. The molecule has 0 spiro atoms. The Morgan fingerprint density at radius 2 is 1.50 bits per heavy atom. The number of benzene rings is 2. The highest BCUT2D eigenvalue weighted by atomic mass is 16.6. The van der Waals surface area contributed by atoms with E-state index in [-0.39, 0.29) is 18.2 Å². The first-order valence-electron chi connectivity index (χ1n) is 9.54. The van der Waals surface area contributed by atoms with Crippen LogP contribution in [0.25, 0.3) is 0 Å². The van der Waals surface area contributed by atoms with E-state index in [1.165, 1.54) is 16.7 Å². The number of amides is 1. The summed E-state index contributed by atoms with van der Waals surface area (Å²) in [6.07, 6.45) is 1.72. The predicted molar refractivity (Wildman–Crippen MR) is 105 cm³/mol. The predicted octanol–water partition coefficient (Wildman–Crippen LogP) is 5.77. The maximum absolute atomic E-state index is 12.3. The molecule has 0 aliphatic carbocycles. The first-order chi connectivity index (χ1) is 12.4. The molecule has 3 nitrogen and oxygen atoms in total. The van der Waals surface area contributed by atoms with Crippen LogP contribution in [-0.2, 0) is 4.74 Å². The van der Waals surface area contributed by atoms with Gasteiger partial charge in [0.05, 0.1) is 12.6 Å². The van der Waals surface area contributed by atoms with Crippen molar-refractivity contribution >= 4 is 6.09 Å². The third-order valence-electron chi connectivity index (χ3n) is 5.50. The van der Waals surface area contributed by atoms with Crippen molar-refractivity contribution in [3.05, 3.63) is 70.8 Å². The molecule has 3 atom stereocenters. The minimum absolute atomic E-state index is 0.0108. The van der Waals surface area contributed by atoms with E-state index in [4.69, 9.17) is 4.74 Å². The molecule has 3 rings (SSSR count). The van der Waals surface area contributed by atoms with Gasteiger partial charge in [-0.15, -0.1) is 0 Å². The van der Waals surface area contributed by atoms with Gasteiger partial charge in [-0.3, -0.25) is 4.90 Å². The topological polar surface area (TPSA) is 29.5 Å². The fourth-order valence-corrected chi connectivity index (χ4v) is 3.53. The maximum atomic E-state index is 12.3. The summed E-state index contributed by atoms with van der Waals surface area (Å²) in [6, 6.07) is 17.1. The van der Waals surface area contributed by atoms with E-state index in [2.05, 4.69) is 76.2 Å². The summed E-state index contributed by atoms with van der Waals surface area (Å²) in [7, 11) is 0. The van der Waals surface area contributed by atoms with Gasteiger partial charge in [0.15, 0.2) is 0 Å². The average Bonchev–Trinajstić information content (AvgIpc) is 3.01. The summed E-state index contributed by atoms with van der Waals surface area (Å²) >= 11 is 0. The van der Waals surface area contributed by atoms with Crippen molar-refractivity contribution in [3.63, 3.8) is 0 Å². The molecule has 2 aromatic rings. The Kier molecular flexibility index (Phi) is 5.65. The van der Waals surface area contributed by atoms with Crippen molar-refractivity contribution in [1.82, 2.24) is 4.90 Å². The minimum Gasteiger partial charge on any atom is -0.444 e. The van der Waals surface area contributed by atoms with E-state index in [0.29, 0.717) is 12.5 Å². The SMILES string of the molecule is Cc1ccc([C@H](C)CC[C@H]2CN([C@@H](C)c3ccc(C)cc3)C(=O)O2)cc1. The van der Waals surface area contributed by atoms with E-state index in [1.807, 2.05) is 4.90 Å². The van der Waals surface area contributed by atoms with Gasteiger partial charge in [0.2, 0.25) is 0 Å². The molecule has 1 aliphatic rings. The van der Waals surface area contributed by atoms with Gasteiger partial charge in [-0.25, -0.2) is 4.79 Å². The van der Waals surface area contributed by atoms with E-state index in [0.717, 1.165) is 18.4 Å². The fraction of sp³-hybridized carbons (Fsp3) is 0.435. The molecule has 0 bridgehead atoms. The standard InChI is InChI=1S/C23H29NO2/c1-16-5-10-20(11-6-16)18(3)9-14-22-15-24(23(25)26-22)19(4)21-12-7-17(2)8-13-21/h5-8,10-13,18-19,22H,9,14-15H2,1-4H3/t18-,19+,22+/m1/s1. The number of rotatable bonds is 6. The number of carbonyl (C=O) groups is 1. The number of ether oxygens (including phenoxy) is 1. The molecule has 1 fully saturated rings. The van der Waals surface area contributed by atoms with Gasteiger partial charge in [0, 0.05) is 0 Å². The lowest BCUT2D eigenvalue weighted by atomic mass is 9.94. The Morgan fingerprint density at radius 3 is 2.08 bits per heavy atom. The van der Waals surface area contributed by atoms with Gasteiger partial charge in [0.25, 0.3) is 0 Å². The first kappa shape index (κ1) is 18.5. The molecule has 0 radical (unpaired) electrons. The summed E-state index contributed by atoms with van der Waals surface area (Å²) in [5.74, 6) is 0.470. The van der Waals surface area contributed by atoms with Crippen molar-refractivity contribution in [2.45, 2.75) is 58.6 Å². The summed E-state index contributed by atoms with van der Waals surface area (Å²) in [6.45, 7) is 9.17. The lowest BCUT2D eigenvalue weighted by molar-refractivity contribution is 0.124. The molecule has 2 aromatic carbocycles. The van der Waals surface area contributed by atoms with Crippen LogP contribution in [0.4, 0.5) is 4.79 Å². The number of cyclic esters (lactones) is 1. The third-order valence-corrected chi connectivity index (χ3v) is 5.50. The van der Waals surface area contributed by atoms with Crippen molar-refractivity contribution in [3.8, 4) is 0 Å². The van der Waals surface area contributed by atoms with E-state index < -0.39 is 0 Å². The van der Waals surface area contributed by atoms with Gasteiger partial charge in [0.1, 0.15) is 6.10 Å². The molecule has 0 N–H and O–H groups in total. The lowest BCUT2D eigenvalue weighted by Gasteiger charge is -2.22. The second-order valence-corrected chi connectivity index (χ2v) is 7.63. The first-order valence-corrected chi connectivity index (χ1v) is 9.54. The molecular weight excluding hydrogens is 322 g/mol. The minimum atomic E-state index is -0.189. The normalized spacial score (nSPS) is 19.3. The van der Waals surface area contributed by atoms with E-state index in [9.17, 15) is 4.79 Å². The third kappa shape index (κ3) is 4.27. The van der Waals surface area contributed by atoms with Gasteiger partial charge >= 0.3 is 6.09 Å². The van der Waals surface area contributed by atoms with Crippen molar-refractivity contribution in [2.24, 2.45) is 0 Å². The van der Waals surface area contributed by atoms with Crippen LogP contribution in [0, 0.1) is 13.8 Å². The molecule has 0 aromatic heterocycles. The van der Waals surface area contributed by atoms with Crippen LogP contribution >= 0.6 is 0 Å². The smallest absolute Gasteiger partial charge is 0.410 e. The van der Waals surface area contributed by atoms with Crippen LogP contribution in [-0.4, -0.2) is 23.6 Å². The lowest BCUT2D eigenvalue weighted by Crippen LogP contribution is -2.28. The zero-order chi connectivity index (χ0) is 18.7. The molecule has 1 aliphatic heterocycles. The number of nitrogens with zero attached hydrogens (tertiary/aromatic N) is 1. The summed E-state index contributed by atoms with van der Waals surface area (Å²) in [4.78, 5) is 14.2. The monoisotopic (exact) mass is 351 g/mol. The highest BCUT2D eigenvalue weighted by Gasteiger charge is 2.34. The number of hydrogen-bond donors (Lipinski definition) is 0. The van der Waals surface area contributed by atoms with Crippen molar-refractivity contribution < 1.29 is 9.53 Å². The highest BCUT2D eigenvalue weighted by molar-refractivity contribution is 5.70. The van der Waals surface area contributed by atoms with Crippen LogP contribution in [0.1, 0.15) is 60.9 Å². The van der Waals surface area contributed by atoms with Crippen LogP contribution in [0.5, 0.6) is 0 Å². The van der Waals surface area contributed by atoms with Crippen LogP contribution in [0.2, 0.25) is 0 Å². The fourth-order valence-electron chi connectivity index (χ4n) is 3.53. The van der Waals surface area contributed by atoms with E-state index >= 15 is 0 Å². The molecule has 1 heterocycles. The Labute approximate surface area is 157 Å². The van der Waals surface area contributed by atoms with E-state index in [1.54, 1.807) is 0 Å². The Balaban J connectivity index is 1.55. The van der Waals surface area contributed by atoms with Crippen LogP contribution in [0.15, 0.2) is 48.5 Å². The molecule has 26 heavy (non-hydrogen) atoms. The van der Waals surface area contributed by atoms with Gasteiger partial charge < -0.3 is 4.74 Å². The molecule has 0 saturated carbocycles. The largest absolute Gasteiger partial charge is 0.444 e. The summed E-state index contributed by atoms with van der Waals surface area (Å²) in [5, 5.41) is 0. The van der Waals surface area contributed by atoms with Crippen molar-refractivity contribution in [2.75, 3.05) is 6.54 Å². The zero-order valence-electron chi connectivity index (χ0n) is 16.2. The number of aryl methyl sites for hydroxylation is 2. The Bertz CT molecular complexity index is 736. The van der Waals surface area contributed by atoms with Crippen molar-refractivity contribution in [1.29, 1.82) is 0 Å². The highest BCUT2D eigenvalue weighted by Crippen LogP contribution is 2.29. The Morgan fingerprint density at radius 1 is 0.962 bits per heavy atom. The molecule has 138 valence electrons. The maximum Gasteiger partial charge on any atom is 0.410 e. The zero-order valence-corrected chi connectivity index (χ0v) is 16.2. The molecule has 0 unspecified atom stereocenters. The second-order valence-electron chi connectivity index (χ2n) is 7.63. The van der Waals surface area contributed by atoms with Crippen LogP contribution < -0.4 is 0 Å². The average molecular weight is 351 g/mol. The quantitative estimate of drug-likeness (QED) is 0.661. The van der Waals surface area contributed by atoms with Gasteiger partial charge in [-0.1, -0.05) is 66.6 Å². The molecule has 1 amide bonds. The Hall–Kier alpha value is -2.29. The molecule has 1 saturated heterocycles. The number of carbonyl (C=O) groups excluding carboxylic acids is 1. The molecular formula is C23H29NO2.